The van der Waals surface area contributed by atoms with Crippen LogP contribution in [0.25, 0.3) is 17.0 Å². The van der Waals surface area contributed by atoms with Crippen LogP contribution >= 0.6 is 0 Å². The molecule has 4 rings (SSSR count). The van der Waals surface area contributed by atoms with Gasteiger partial charge in [-0.3, -0.25) is 19.7 Å². The van der Waals surface area contributed by atoms with Crippen LogP contribution in [-0.2, 0) is 14.4 Å². The average molecular weight is 445 g/mol. The Bertz CT molecular complexity index is 1290. The highest BCUT2D eigenvalue weighted by Crippen LogP contribution is 2.26. The second kappa shape index (κ2) is 9.18. The number of anilines is 2. The van der Waals surface area contributed by atoms with Gasteiger partial charge in [-0.25, -0.2) is 9.98 Å². The summed E-state index contributed by atoms with van der Waals surface area (Å²) in [5.41, 5.74) is 2.10. The van der Waals surface area contributed by atoms with Gasteiger partial charge in [-0.2, -0.15) is 0 Å². The molecule has 4 N–H and O–H groups in total. The lowest BCUT2D eigenvalue weighted by Crippen LogP contribution is -2.34. The summed E-state index contributed by atoms with van der Waals surface area (Å²) in [5, 5.41) is 24.8. The number of rotatable bonds is 7. The first-order valence-electron chi connectivity index (χ1n) is 9.91. The quantitative estimate of drug-likeness (QED) is 0.405. The molecule has 0 radical (unpaired) electrons. The molecule has 0 unspecified atom stereocenters. The second-order valence-corrected chi connectivity index (χ2v) is 7.16. The zero-order valence-electron chi connectivity index (χ0n) is 17.2. The van der Waals surface area contributed by atoms with Crippen LogP contribution in [0.3, 0.4) is 0 Å². The van der Waals surface area contributed by atoms with Gasteiger partial charge in [0.15, 0.2) is 0 Å². The van der Waals surface area contributed by atoms with Crippen LogP contribution < -0.4 is 15.5 Å². The standard InChI is InChI=1S/C23H19N5O5/c29-19(30)12-28(13-20(31)32)18-8-4-5-14-9-10-16(24-21(14)18)11-17-22(33)27-23(26-17)25-15-6-2-1-3-7-15/h1-11H,12-13H2,(H,29,30)(H,31,32)(H2,25,26,27,33)/b17-11-. The van der Waals surface area contributed by atoms with Crippen molar-refractivity contribution in [2.75, 3.05) is 23.3 Å². The first kappa shape index (κ1) is 21.5. The van der Waals surface area contributed by atoms with Gasteiger partial charge in [0.2, 0.25) is 5.96 Å². The molecule has 0 atom stereocenters. The molecule has 0 spiro atoms. The van der Waals surface area contributed by atoms with Crippen LogP contribution in [0, 0.1) is 0 Å². The SMILES string of the molecule is O=C(O)CN(CC(=O)O)c1cccc2ccc(/C=C3\N=C(Nc4ccccc4)NC3=O)nc12. The van der Waals surface area contributed by atoms with Crippen molar-refractivity contribution in [3.63, 3.8) is 0 Å². The summed E-state index contributed by atoms with van der Waals surface area (Å²) in [6.45, 7) is -1.00. The van der Waals surface area contributed by atoms with Gasteiger partial charge in [-0.1, -0.05) is 36.4 Å². The van der Waals surface area contributed by atoms with Gasteiger partial charge in [0.05, 0.1) is 16.9 Å². The fourth-order valence-electron chi connectivity index (χ4n) is 3.36. The number of nitrogens with one attached hydrogen (secondary N) is 2. The van der Waals surface area contributed by atoms with Crippen molar-refractivity contribution in [2.24, 2.45) is 4.99 Å². The van der Waals surface area contributed by atoms with Crippen LogP contribution in [0.5, 0.6) is 0 Å². The highest BCUT2D eigenvalue weighted by molar-refractivity contribution is 6.17. The Labute approximate surface area is 187 Å². The van der Waals surface area contributed by atoms with Crippen LogP contribution in [0.1, 0.15) is 5.69 Å². The molecule has 0 fully saturated rings. The summed E-state index contributed by atoms with van der Waals surface area (Å²) in [5.74, 6) is -2.45. The van der Waals surface area contributed by atoms with Crippen molar-refractivity contribution >= 4 is 52.2 Å². The van der Waals surface area contributed by atoms with Crippen molar-refractivity contribution in [3.8, 4) is 0 Å². The van der Waals surface area contributed by atoms with Crippen LogP contribution in [0.4, 0.5) is 11.4 Å². The molecule has 1 amide bonds. The summed E-state index contributed by atoms with van der Waals surface area (Å²) in [7, 11) is 0. The molecule has 0 aliphatic carbocycles. The van der Waals surface area contributed by atoms with Crippen LogP contribution in [0.2, 0.25) is 0 Å². The fourth-order valence-corrected chi connectivity index (χ4v) is 3.36. The highest BCUT2D eigenvalue weighted by Gasteiger charge is 2.21. The molecule has 166 valence electrons. The maximum Gasteiger partial charge on any atom is 0.323 e. The van der Waals surface area contributed by atoms with Crippen molar-refractivity contribution in [1.82, 2.24) is 10.3 Å². The number of amides is 1. The number of carbonyl (C=O) groups excluding carboxylic acids is 1. The van der Waals surface area contributed by atoms with Gasteiger partial charge >= 0.3 is 11.9 Å². The number of pyridine rings is 1. The lowest BCUT2D eigenvalue weighted by molar-refractivity contribution is -0.136. The van der Waals surface area contributed by atoms with Gasteiger partial charge in [0.1, 0.15) is 18.8 Å². The summed E-state index contributed by atoms with van der Waals surface area (Å²) in [6.07, 6.45) is 1.50. The van der Waals surface area contributed by atoms with E-state index in [0.717, 1.165) is 5.69 Å². The van der Waals surface area contributed by atoms with Crippen molar-refractivity contribution in [2.45, 2.75) is 0 Å². The third-order valence-corrected chi connectivity index (χ3v) is 4.73. The van der Waals surface area contributed by atoms with E-state index in [4.69, 9.17) is 0 Å². The van der Waals surface area contributed by atoms with E-state index >= 15 is 0 Å². The Morgan fingerprint density at radius 2 is 1.70 bits per heavy atom. The molecule has 0 saturated carbocycles. The number of carboxylic acid groups (broad SMARTS) is 2. The highest BCUT2D eigenvalue weighted by atomic mass is 16.4. The molecular formula is C23H19N5O5. The number of hydrogen-bond donors (Lipinski definition) is 4. The lowest BCUT2D eigenvalue weighted by atomic mass is 10.1. The van der Waals surface area contributed by atoms with E-state index in [-0.39, 0.29) is 11.7 Å². The molecule has 1 aliphatic heterocycles. The van der Waals surface area contributed by atoms with Gasteiger partial charge in [0.25, 0.3) is 5.91 Å². The summed E-state index contributed by atoms with van der Waals surface area (Å²) >= 11 is 0. The predicted octanol–water partition coefficient (Wildman–Crippen LogP) is 2.15. The molecule has 10 heteroatoms. The molecule has 33 heavy (non-hydrogen) atoms. The first-order valence-corrected chi connectivity index (χ1v) is 9.91. The van der Waals surface area contributed by atoms with E-state index in [1.165, 1.54) is 11.0 Å². The van der Waals surface area contributed by atoms with E-state index in [1.807, 2.05) is 30.3 Å². The maximum absolute atomic E-state index is 12.4. The smallest absolute Gasteiger partial charge is 0.323 e. The third-order valence-electron chi connectivity index (χ3n) is 4.73. The average Bonchev–Trinajstić information content (AvgIpc) is 3.11. The monoisotopic (exact) mass is 445 g/mol. The van der Waals surface area contributed by atoms with Gasteiger partial charge in [0, 0.05) is 11.1 Å². The number of carboxylic acids is 2. The number of aliphatic imine (C=N–C) groups is 1. The minimum atomic E-state index is -1.16. The van der Waals surface area contributed by atoms with Crippen LogP contribution in [0.15, 0.2) is 71.4 Å². The predicted molar refractivity (Wildman–Crippen MR) is 123 cm³/mol. The zero-order chi connectivity index (χ0) is 23.4. The van der Waals surface area contributed by atoms with Crippen molar-refractivity contribution in [3.05, 3.63) is 72.1 Å². The Balaban J connectivity index is 1.68. The van der Waals surface area contributed by atoms with E-state index in [0.29, 0.717) is 22.3 Å². The Kier molecular flexibility index (Phi) is 5.98. The fraction of sp³-hybridized carbons (Fsp3) is 0.0870. The summed E-state index contributed by atoms with van der Waals surface area (Å²) in [6, 6.07) is 17.8. The number of fused-ring (bicyclic) bond motifs is 1. The Morgan fingerprint density at radius 1 is 0.970 bits per heavy atom. The molecule has 2 aromatic carbocycles. The Morgan fingerprint density at radius 3 is 2.39 bits per heavy atom. The zero-order valence-corrected chi connectivity index (χ0v) is 17.2. The molecule has 3 aromatic rings. The Hall–Kier alpha value is -4.73. The van der Waals surface area contributed by atoms with Crippen molar-refractivity contribution < 1.29 is 24.6 Å². The van der Waals surface area contributed by atoms with E-state index in [9.17, 15) is 24.6 Å². The minimum Gasteiger partial charge on any atom is -0.480 e. The van der Waals surface area contributed by atoms with Gasteiger partial charge < -0.3 is 20.4 Å². The van der Waals surface area contributed by atoms with E-state index in [2.05, 4.69) is 20.6 Å². The largest absolute Gasteiger partial charge is 0.480 e. The van der Waals surface area contributed by atoms with Crippen molar-refractivity contribution in [1.29, 1.82) is 0 Å². The molecule has 2 heterocycles. The van der Waals surface area contributed by atoms with Gasteiger partial charge in [-0.15, -0.1) is 0 Å². The molecule has 1 aliphatic rings. The summed E-state index contributed by atoms with van der Waals surface area (Å²) in [4.78, 5) is 44.9. The summed E-state index contributed by atoms with van der Waals surface area (Å²) < 4.78 is 0. The molecule has 0 bridgehead atoms. The van der Waals surface area contributed by atoms with E-state index in [1.54, 1.807) is 30.3 Å². The third kappa shape index (κ3) is 5.13. The number of para-hydroxylation sites is 2. The number of hydrogen-bond acceptors (Lipinski definition) is 7. The van der Waals surface area contributed by atoms with Crippen LogP contribution in [-0.4, -0.2) is 52.1 Å². The topological polar surface area (TPSA) is 144 Å². The molecule has 1 aromatic heterocycles. The molecule has 0 saturated heterocycles. The first-order chi connectivity index (χ1) is 15.9. The number of aromatic nitrogens is 1. The number of benzene rings is 2. The van der Waals surface area contributed by atoms with E-state index < -0.39 is 30.9 Å². The minimum absolute atomic E-state index is 0.144. The normalized spacial score (nSPS) is 14.1. The molecular weight excluding hydrogens is 426 g/mol. The lowest BCUT2D eigenvalue weighted by Gasteiger charge is -2.22. The second-order valence-electron chi connectivity index (χ2n) is 7.16. The number of aliphatic carboxylic acids is 2. The molecule has 10 nitrogen and oxygen atoms in total. The maximum atomic E-state index is 12.4. The number of carbonyl (C=O) groups is 3. The van der Waals surface area contributed by atoms with Gasteiger partial charge in [-0.05, 0) is 30.3 Å². The number of nitrogens with zero attached hydrogens (tertiary/aromatic N) is 3. The number of guanidine groups is 1.